The number of rotatable bonds is 6. The molecule has 0 bridgehead atoms. The molecule has 1 amide bonds. The van der Waals surface area contributed by atoms with Crippen LogP contribution >= 0.6 is 11.6 Å². The van der Waals surface area contributed by atoms with Gasteiger partial charge in [-0.25, -0.2) is 0 Å². The van der Waals surface area contributed by atoms with Gasteiger partial charge < -0.3 is 10.4 Å². The van der Waals surface area contributed by atoms with Gasteiger partial charge in [-0.2, -0.15) is 5.10 Å². The van der Waals surface area contributed by atoms with Gasteiger partial charge in [-0.15, -0.1) is 0 Å². The van der Waals surface area contributed by atoms with Crippen LogP contribution in [0.3, 0.4) is 0 Å². The lowest BCUT2D eigenvalue weighted by molar-refractivity contribution is 0.0881. The number of carbonyl (C=O) groups is 1. The maximum absolute atomic E-state index is 12.3. The number of amides is 1. The second-order valence-corrected chi connectivity index (χ2v) is 5.90. The van der Waals surface area contributed by atoms with Gasteiger partial charge in [-0.3, -0.25) is 9.89 Å². The molecular formula is C16H20ClN3O2. The van der Waals surface area contributed by atoms with Crippen molar-refractivity contribution in [2.45, 2.75) is 32.2 Å². The molecule has 6 heteroatoms. The zero-order valence-corrected chi connectivity index (χ0v) is 13.4. The van der Waals surface area contributed by atoms with E-state index in [4.69, 9.17) is 16.7 Å². The lowest BCUT2D eigenvalue weighted by atomic mass is 9.94. The molecular weight excluding hydrogens is 302 g/mol. The van der Waals surface area contributed by atoms with Crippen LogP contribution in [0.1, 0.15) is 37.2 Å². The molecule has 0 radical (unpaired) electrons. The van der Waals surface area contributed by atoms with E-state index in [1.165, 1.54) is 0 Å². The molecule has 1 unspecified atom stereocenters. The molecule has 1 aromatic carbocycles. The van der Waals surface area contributed by atoms with Gasteiger partial charge in [0.25, 0.3) is 5.91 Å². The Morgan fingerprint density at radius 1 is 1.45 bits per heavy atom. The Hall–Kier alpha value is -1.85. The third kappa shape index (κ3) is 3.67. The minimum atomic E-state index is -0.443. The van der Waals surface area contributed by atoms with Crippen LogP contribution in [0.25, 0.3) is 11.3 Å². The number of nitrogens with zero attached hydrogens (tertiary/aromatic N) is 1. The minimum absolute atomic E-state index is 0.0263. The zero-order valence-electron chi connectivity index (χ0n) is 12.7. The number of nitrogens with one attached hydrogen (secondary N) is 2. The lowest BCUT2D eigenvalue weighted by Gasteiger charge is -2.28. The summed E-state index contributed by atoms with van der Waals surface area (Å²) in [6.07, 6.45) is 1.23. The highest BCUT2D eigenvalue weighted by molar-refractivity contribution is 6.33. The Morgan fingerprint density at radius 2 is 2.18 bits per heavy atom. The zero-order chi connectivity index (χ0) is 16.2. The maximum Gasteiger partial charge on any atom is 0.269 e. The fourth-order valence-corrected chi connectivity index (χ4v) is 2.39. The first-order valence-corrected chi connectivity index (χ1v) is 7.60. The fraction of sp³-hybridized carbons (Fsp3) is 0.375. The smallest absolute Gasteiger partial charge is 0.269 e. The van der Waals surface area contributed by atoms with E-state index in [-0.39, 0.29) is 12.5 Å². The van der Waals surface area contributed by atoms with E-state index < -0.39 is 5.54 Å². The van der Waals surface area contributed by atoms with Gasteiger partial charge in [-0.05, 0) is 31.9 Å². The summed E-state index contributed by atoms with van der Waals surface area (Å²) in [6, 6.07) is 9.01. The predicted octanol–water partition coefficient (Wildman–Crippen LogP) is 3.01. The normalized spacial score (nSPS) is 13.6. The summed E-state index contributed by atoms with van der Waals surface area (Å²) in [5, 5.41) is 19.5. The lowest BCUT2D eigenvalue weighted by Crippen LogP contribution is -2.46. The summed E-state index contributed by atoms with van der Waals surface area (Å²) in [5.74, 6) is -0.247. The first kappa shape index (κ1) is 16.5. The second-order valence-electron chi connectivity index (χ2n) is 5.49. The van der Waals surface area contributed by atoms with Crippen molar-refractivity contribution in [3.8, 4) is 11.3 Å². The van der Waals surface area contributed by atoms with Crippen molar-refractivity contribution >= 4 is 17.5 Å². The molecule has 2 aromatic rings. The van der Waals surface area contributed by atoms with E-state index in [2.05, 4.69) is 15.5 Å². The van der Waals surface area contributed by atoms with Crippen LogP contribution < -0.4 is 5.32 Å². The molecule has 22 heavy (non-hydrogen) atoms. The fourth-order valence-electron chi connectivity index (χ4n) is 2.16. The van der Waals surface area contributed by atoms with Crippen molar-refractivity contribution in [2.24, 2.45) is 0 Å². The average molecular weight is 322 g/mol. The highest BCUT2D eigenvalue weighted by Gasteiger charge is 2.25. The molecule has 2 rings (SSSR count). The van der Waals surface area contributed by atoms with Crippen molar-refractivity contribution in [1.29, 1.82) is 0 Å². The summed E-state index contributed by atoms with van der Waals surface area (Å²) >= 11 is 6.14. The van der Waals surface area contributed by atoms with Crippen LogP contribution in [0.4, 0.5) is 0 Å². The van der Waals surface area contributed by atoms with Crippen molar-refractivity contribution < 1.29 is 9.90 Å². The highest BCUT2D eigenvalue weighted by atomic mass is 35.5. The topological polar surface area (TPSA) is 78.0 Å². The number of aromatic nitrogens is 2. The van der Waals surface area contributed by atoms with Crippen LogP contribution in [0.5, 0.6) is 0 Å². The van der Waals surface area contributed by atoms with Gasteiger partial charge in [0.05, 0.1) is 10.7 Å². The SMILES string of the molecule is CCC(C)(CCO)NC(=O)c1cc(-c2ccccc2Cl)n[nH]1. The molecule has 0 aliphatic carbocycles. The summed E-state index contributed by atoms with van der Waals surface area (Å²) < 4.78 is 0. The number of H-pyrrole nitrogens is 1. The van der Waals surface area contributed by atoms with E-state index in [1.54, 1.807) is 12.1 Å². The monoisotopic (exact) mass is 321 g/mol. The van der Waals surface area contributed by atoms with Crippen LogP contribution in [0.15, 0.2) is 30.3 Å². The number of aromatic amines is 1. The number of hydrogen-bond donors (Lipinski definition) is 3. The first-order chi connectivity index (χ1) is 10.5. The number of halogens is 1. The van der Waals surface area contributed by atoms with Gasteiger partial charge in [0.15, 0.2) is 0 Å². The number of hydrogen-bond acceptors (Lipinski definition) is 3. The Labute approximate surface area is 134 Å². The molecule has 5 nitrogen and oxygen atoms in total. The third-order valence-electron chi connectivity index (χ3n) is 3.83. The Balaban J connectivity index is 2.18. The molecule has 1 atom stereocenters. The van der Waals surface area contributed by atoms with Gasteiger partial charge in [-0.1, -0.05) is 36.7 Å². The molecule has 0 saturated carbocycles. The highest BCUT2D eigenvalue weighted by Crippen LogP contribution is 2.26. The van der Waals surface area contributed by atoms with E-state index in [9.17, 15) is 4.79 Å². The Morgan fingerprint density at radius 3 is 2.82 bits per heavy atom. The minimum Gasteiger partial charge on any atom is -0.396 e. The molecule has 0 fully saturated rings. The first-order valence-electron chi connectivity index (χ1n) is 7.23. The molecule has 0 aliphatic rings. The summed E-state index contributed by atoms with van der Waals surface area (Å²) in [4.78, 5) is 12.3. The maximum atomic E-state index is 12.3. The van der Waals surface area contributed by atoms with Crippen molar-refractivity contribution in [2.75, 3.05) is 6.61 Å². The van der Waals surface area contributed by atoms with Crippen molar-refractivity contribution in [3.05, 3.63) is 41.0 Å². The van der Waals surface area contributed by atoms with Gasteiger partial charge in [0, 0.05) is 17.7 Å². The van der Waals surface area contributed by atoms with E-state index in [0.29, 0.717) is 22.8 Å². The number of aliphatic hydroxyl groups is 1. The summed E-state index contributed by atoms with van der Waals surface area (Å²) in [5.41, 5.74) is 1.32. The van der Waals surface area contributed by atoms with Crippen molar-refractivity contribution in [3.63, 3.8) is 0 Å². The molecule has 0 saturated heterocycles. The quantitative estimate of drug-likeness (QED) is 0.765. The van der Waals surface area contributed by atoms with Crippen LogP contribution in [-0.2, 0) is 0 Å². The van der Waals surface area contributed by atoms with Crippen LogP contribution in [0.2, 0.25) is 5.02 Å². The van der Waals surface area contributed by atoms with Gasteiger partial charge >= 0.3 is 0 Å². The summed E-state index contributed by atoms with van der Waals surface area (Å²) in [6.45, 7) is 3.91. The van der Waals surface area contributed by atoms with E-state index in [1.807, 2.05) is 32.0 Å². The predicted molar refractivity (Wildman–Crippen MR) is 86.9 cm³/mol. The van der Waals surface area contributed by atoms with E-state index in [0.717, 1.165) is 12.0 Å². The van der Waals surface area contributed by atoms with E-state index >= 15 is 0 Å². The average Bonchev–Trinajstić information content (AvgIpc) is 2.97. The van der Waals surface area contributed by atoms with Crippen LogP contribution in [-0.4, -0.2) is 33.4 Å². The molecule has 118 valence electrons. The summed E-state index contributed by atoms with van der Waals surface area (Å²) in [7, 11) is 0. The third-order valence-corrected chi connectivity index (χ3v) is 4.16. The largest absolute Gasteiger partial charge is 0.396 e. The number of aliphatic hydroxyl groups excluding tert-OH is 1. The van der Waals surface area contributed by atoms with Crippen LogP contribution in [0, 0.1) is 0 Å². The standard InChI is InChI=1S/C16H20ClN3O2/c1-3-16(2,8-9-21)18-15(22)14-10-13(19-20-14)11-6-4-5-7-12(11)17/h4-7,10,21H,3,8-9H2,1-2H3,(H,18,22)(H,19,20). The van der Waals surface area contributed by atoms with Crippen molar-refractivity contribution in [1.82, 2.24) is 15.5 Å². The molecule has 1 heterocycles. The van der Waals surface area contributed by atoms with Gasteiger partial charge in [0.2, 0.25) is 0 Å². The molecule has 1 aromatic heterocycles. The number of benzene rings is 1. The number of carbonyl (C=O) groups excluding carboxylic acids is 1. The Bertz CT molecular complexity index is 656. The second kappa shape index (κ2) is 6.94. The molecule has 3 N–H and O–H groups in total. The molecule has 0 aliphatic heterocycles. The van der Waals surface area contributed by atoms with Gasteiger partial charge in [0.1, 0.15) is 5.69 Å². The Kier molecular flexibility index (Phi) is 5.21. The molecule has 0 spiro atoms.